The molecule has 0 aliphatic heterocycles. The van der Waals surface area contributed by atoms with E-state index in [-0.39, 0.29) is 0 Å². The summed E-state index contributed by atoms with van der Waals surface area (Å²) in [6, 6.07) is 40.0. The van der Waals surface area contributed by atoms with Gasteiger partial charge in [0, 0.05) is 41.9 Å². The van der Waals surface area contributed by atoms with E-state index >= 15 is 0 Å². The van der Waals surface area contributed by atoms with Crippen LogP contribution >= 0.6 is 11.3 Å². The standard InChI is InChI=1S/C34H19N3OS/c1-2-10-20(11-3-1)33-35-30-23-13-5-8-16-26(23)38-32(30)34(36-33)37-25-15-7-4-12-21(25)22-18-19-28-29(31(22)37)24-14-6-9-17-27(24)39-28/h1-19H. The Morgan fingerprint density at radius 2 is 1.33 bits per heavy atom. The topological polar surface area (TPSA) is 43.9 Å². The summed E-state index contributed by atoms with van der Waals surface area (Å²) < 4.78 is 11.4. The average Bonchev–Trinajstić information content (AvgIpc) is 3.66. The Balaban J connectivity index is 1.54. The quantitative estimate of drug-likeness (QED) is 0.229. The highest BCUT2D eigenvalue weighted by Crippen LogP contribution is 2.44. The highest BCUT2D eigenvalue weighted by Gasteiger charge is 2.23. The Morgan fingerprint density at radius 3 is 2.23 bits per heavy atom. The van der Waals surface area contributed by atoms with Gasteiger partial charge in [0.2, 0.25) is 0 Å². The van der Waals surface area contributed by atoms with Crippen LogP contribution in [0.3, 0.4) is 0 Å². The molecule has 9 rings (SSSR count). The molecule has 5 heteroatoms. The van der Waals surface area contributed by atoms with E-state index in [4.69, 9.17) is 14.4 Å². The first-order chi connectivity index (χ1) is 19.3. The zero-order chi connectivity index (χ0) is 25.5. The van der Waals surface area contributed by atoms with Crippen molar-refractivity contribution >= 4 is 75.4 Å². The van der Waals surface area contributed by atoms with Crippen molar-refractivity contribution in [1.29, 1.82) is 0 Å². The van der Waals surface area contributed by atoms with Crippen LogP contribution in [0.4, 0.5) is 0 Å². The van der Waals surface area contributed by atoms with Crippen LogP contribution in [-0.2, 0) is 0 Å². The van der Waals surface area contributed by atoms with Crippen LogP contribution in [0.1, 0.15) is 0 Å². The maximum Gasteiger partial charge on any atom is 0.197 e. The van der Waals surface area contributed by atoms with Crippen molar-refractivity contribution in [1.82, 2.24) is 14.5 Å². The lowest BCUT2D eigenvalue weighted by Crippen LogP contribution is -2.02. The van der Waals surface area contributed by atoms with Crippen LogP contribution in [0.25, 0.3) is 81.3 Å². The number of hydrogen-bond donors (Lipinski definition) is 0. The van der Waals surface area contributed by atoms with Crippen molar-refractivity contribution in [3.63, 3.8) is 0 Å². The third kappa shape index (κ3) is 2.88. The van der Waals surface area contributed by atoms with Crippen molar-refractivity contribution in [2.24, 2.45) is 0 Å². The molecule has 0 unspecified atom stereocenters. The molecule has 0 bridgehead atoms. The van der Waals surface area contributed by atoms with Crippen molar-refractivity contribution < 1.29 is 4.42 Å². The lowest BCUT2D eigenvalue weighted by molar-refractivity contribution is 0.662. The minimum Gasteiger partial charge on any atom is -0.450 e. The second-order valence-corrected chi connectivity index (χ2v) is 10.9. The van der Waals surface area contributed by atoms with Crippen LogP contribution in [0.5, 0.6) is 0 Å². The number of nitrogens with zero attached hydrogens (tertiary/aromatic N) is 3. The number of benzene rings is 5. The summed E-state index contributed by atoms with van der Waals surface area (Å²) in [5, 5.41) is 5.87. The summed E-state index contributed by atoms with van der Waals surface area (Å²) in [4.78, 5) is 10.3. The maximum atomic E-state index is 6.53. The number of furan rings is 1. The zero-order valence-corrected chi connectivity index (χ0v) is 21.4. The lowest BCUT2D eigenvalue weighted by Gasteiger charge is -2.10. The van der Waals surface area contributed by atoms with Crippen molar-refractivity contribution in [3.05, 3.63) is 115 Å². The predicted octanol–water partition coefficient (Wildman–Crippen LogP) is 9.51. The van der Waals surface area contributed by atoms with Gasteiger partial charge < -0.3 is 4.42 Å². The zero-order valence-electron chi connectivity index (χ0n) is 20.6. The van der Waals surface area contributed by atoms with Gasteiger partial charge in [-0.15, -0.1) is 11.3 Å². The fourth-order valence-electron chi connectivity index (χ4n) is 5.93. The molecule has 4 aromatic heterocycles. The van der Waals surface area contributed by atoms with Gasteiger partial charge >= 0.3 is 0 Å². The van der Waals surface area contributed by atoms with Gasteiger partial charge in [-0.1, -0.05) is 84.9 Å². The fourth-order valence-corrected chi connectivity index (χ4v) is 7.04. The van der Waals surface area contributed by atoms with E-state index < -0.39 is 0 Å². The van der Waals surface area contributed by atoms with Crippen LogP contribution in [0.15, 0.2) is 120 Å². The Bertz CT molecular complexity index is 2400. The molecule has 0 amide bonds. The molecule has 0 fully saturated rings. The van der Waals surface area contributed by atoms with E-state index in [1.165, 1.54) is 30.9 Å². The smallest absolute Gasteiger partial charge is 0.197 e. The molecular formula is C34H19N3OS. The number of rotatable bonds is 2. The highest BCUT2D eigenvalue weighted by molar-refractivity contribution is 7.26. The van der Waals surface area contributed by atoms with Gasteiger partial charge in [-0.25, -0.2) is 9.97 Å². The number of hydrogen-bond acceptors (Lipinski definition) is 4. The second kappa shape index (κ2) is 7.76. The van der Waals surface area contributed by atoms with Gasteiger partial charge in [-0.2, -0.15) is 0 Å². The minimum atomic E-state index is 0.679. The average molecular weight is 518 g/mol. The van der Waals surface area contributed by atoms with Gasteiger partial charge in [0.05, 0.1) is 11.0 Å². The van der Waals surface area contributed by atoms with Crippen molar-refractivity contribution in [3.8, 4) is 17.2 Å². The monoisotopic (exact) mass is 517 g/mol. The first-order valence-electron chi connectivity index (χ1n) is 12.9. The molecule has 0 radical (unpaired) electrons. The third-order valence-electron chi connectivity index (χ3n) is 7.62. The molecule has 4 nitrogen and oxygen atoms in total. The van der Waals surface area contributed by atoms with Crippen LogP contribution < -0.4 is 0 Å². The molecule has 0 N–H and O–H groups in total. The van der Waals surface area contributed by atoms with Crippen LogP contribution in [-0.4, -0.2) is 14.5 Å². The Morgan fingerprint density at radius 1 is 0.590 bits per heavy atom. The van der Waals surface area contributed by atoms with E-state index in [0.717, 1.165) is 38.9 Å². The van der Waals surface area contributed by atoms with E-state index in [0.29, 0.717) is 11.4 Å². The molecule has 182 valence electrons. The second-order valence-electron chi connectivity index (χ2n) is 9.80. The van der Waals surface area contributed by atoms with Gasteiger partial charge in [0.1, 0.15) is 11.1 Å². The largest absolute Gasteiger partial charge is 0.450 e. The molecule has 4 heterocycles. The first kappa shape index (κ1) is 21.0. The van der Waals surface area contributed by atoms with Gasteiger partial charge in [-0.05, 0) is 30.3 Å². The van der Waals surface area contributed by atoms with Crippen molar-refractivity contribution in [2.75, 3.05) is 0 Å². The molecule has 5 aromatic carbocycles. The number of aromatic nitrogens is 3. The Labute approximate surface area is 226 Å². The molecule has 0 aliphatic carbocycles. The maximum absolute atomic E-state index is 6.53. The minimum absolute atomic E-state index is 0.679. The SMILES string of the molecule is c1ccc(-c2nc(-n3c4ccccc4c4ccc5sc6ccccc6c5c43)c3oc4ccccc4c3n2)cc1. The summed E-state index contributed by atoms with van der Waals surface area (Å²) >= 11 is 1.83. The normalized spacial score (nSPS) is 12.1. The molecule has 9 aromatic rings. The summed E-state index contributed by atoms with van der Waals surface area (Å²) in [6.45, 7) is 0. The summed E-state index contributed by atoms with van der Waals surface area (Å²) in [5.41, 5.74) is 5.52. The van der Waals surface area contributed by atoms with E-state index in [2.05, 4.69) is 83.4 Å². The van der Waals surface area contributed by atoms with E-state index in [9.17, 15) is 0 Å². The number of thiophene rings is 1. The molecule has 0 saturated carbocycles. The van der Waals surface area contributed by atoms with Gasteiger partial charge in [0.25, 0.3) is 0 Å². The van der Waals surface area contributed by atoms with E-state index in [1.807, 2.05) is 47.7 Å². The third-order valence-corrected chi connectivity index (χ3v) is 8.76. The van der Waals surface area contributed by atoms with Gasteiger partial charge in [-0.3, -0.25) is 4.57 Å². The molecule has 0 spiro atoms. The van der Waals surface area contributed by atoms with E-state index in [1.54, 1.807) is 0 Å². The van der Waals surface area contributed by atoms with Crippen LogP contribution in [0.2, 0.25) is 0 Å². The molecule has 0 aliphatic rings. The highest BCUT2D eigenvalue weighted by atomic mass is 32.1. The van der Waals surface area contributed by atoms with Crippen molar-refractivity contribution in [2.45, 2.75) is 0 Å². The van der Waals surface area contributed by atoms with Crippen LogP contribution in [0, 0.1) is 0 Å². The summed E-state index contributed by atoms with van der Waals surface area (Å²) in [5.74, 6) is 1.43. The molecular weight excluding hydrogens is 498 g/mol. The molecule has 39 heavy (non-hydrogen) atoms. The Kier molecular flexibility index (Phi) is 4.18. The summed E-state index contributed by atoms with van der Waals surface area (Å²) in [7, 11) is 0. The molecule has 0 saturated heterocycles. The number of para-hydroxylation sites is 2. The lowest BCUT2D eigenvalue weighted by atomic mass is 10.1. The fraction of sp³-hybridized carbons (Fsp3) is 0. The van der Waals surface area contributed by atoms with Gasteiger partial charge in [0.15, 0.2) is 17.2 Å². The first-order valence-corrected chi connectivity index (χ1v) is 13.8. The summed E-state index contributed by atoms with van der Waals surface area (Å²) in [6.07, 6.45) is 0. The number of fused-ring (bicyclic) bond motifs is 10. The predicted molar refractivity (Wildman–Crippen MR) is 162 cm³/mol. The Hall–Kier alpha value is -5.00. The molecule has 0 atom stereocenters.